The first-order valence-electron chi connectivity index (χ1n) is 6.96. The van der Waals surface area contributed by atoms with Crippen molar-refractivity contribution in [2.45, 2.75) is 38.4 Å². The first kappa shape index (κ1) is 13.9. The van der Waals surface area contributed by atoms with Gasteiger partial charge in [0, 0.05) is 24.6 Å². The topological polar surface area (TPSA) is 16.1 Å². The normalized spacial score (nSPS) is 21.1. The predicted octanol–water partition coefficient (Wildman–Crippen LogP) is 4.24. The standard InChI is InChI=1S/C15H23BrN2/c1-12(2)14-4-3-8-18(9-7-14)15-6-5-13(10-16)11-17-15/h5-6,11-12,14H,3-4,7-10H2,1-2H3. The summed E-state index contributed by atoms with van der Waals surface area (Å²) in [7, 11) is 0. The van der Waals surface area contributed by atoms with Crippen LogP contribution in [0.1, 0.15) is 38.7 Å². The molecule has 100 valence electrons. The van der Waals surface area contributed by atoms with Crippen LogP contribution >= 0.6 is 15.9 Å². The van der Waals surface area contributed by atoms with Crippen LogP contribution in [0, 0.1) is 11.8 Å². The molecule has 0 amide bonds. The van der Waals surface area contributed by atoms with Crippen LogP contribution in [0.15, 0.2) is 18.3 Å². The Labute approximate surface area is 119 Å². The van der Waals surface area contributed by atoms with Gasteiger partial charge in [-0.05, 0) is 42.7 Å². The molecule has 2 nitrogen and oxygen atoms in total. The van der Waals surface area contributed by atoms with Crippen LogP contribution in [0.5, 0.6) is 0 Å². The monoisotopic (exact) mass is 310 g/mol. The first-order chi connectivity index (χ1) is 8.70. The summed E-state index contributed by atoms with van der Waals surface area (Å²) in [6, 6.07) is 4.33. The highest BCUT2D eigenvalue weighted by Gasteiger charge is 2.19. The largest absolute Gasteiger partial charge is 0.357 e. The Kier molecular flexibility index (Phi) is 5.04. The summed E-state index contributed by atoms with van der Waals surface area (Å²) < 4.78 is 0. The summed E-state index contributed by atoms with van der Waals surface area (Å²) in [5.41, 5.74) is 1.24. The van der Waals surface area contributed by atoms with Crippen molar-refractivity contribution in [3.8, 4) is 0 Å². The van der Waals surface area contributed by atoms with Crippen molar-refractivity contribution in [2.24, 2.45) is 11.8 Å². The summed E-state index contributed by atoms with van der Waals surface area (Å²) >= 11 is 3.46. The molecule has 1 aromatic heterocycles. The molecular formula is C15H23BrN2. The molecule has 1 aliphatic heterocycles. The number of aromatic nitrogens is 1. The van der Waals surface area contributed by atoms with Crippen molar-refractivity contribution in [1.82, 2.24) is 4.98 Å². The Balaban J connectivity index is 2.00. The molecule has 0 aliphatic carbocycles. The van der Waals surface area contributed by atoms with E-state index in [-0.39, 0.29) is 0 Å². The van der Waals surface area contributed by atoms with E-state index in [1.165, 1.54) is 24.8 Å². The van der Waals surface area contributed by atoms with Crippen LogP contribution < -0.4 is 4.90 Å². The molecule has 2 rings (SSSR count). The zero-order valence-electron chi connectivity index (χ0n) is 11.4. The average molecular weight is 311 g/mol. The summed E-state index contributed by atoms with van der Waals surface area (Å²) in [5.74, 6) is 2.84. The summed E-state index contributed by atoms with van der Waals surface area (Å²) in [5, 5.41) is 0.885. The van der Waals surface area contributed by atoms with Gasteiger partial charge in [-0.15, -0.1) is 0 Å². The number of hydrogen-bond acceptors (Lipinski definition) is 2. The van der Waals surface area contributed by atoms with Gasteiger partial charge in [-0.2, -0.15) is 0 Å². The van der Waals surface area contributed by atoms with Gasteiger partial charge in [0.05, 0.1) is 0 Å². The van der Waals surface area contributed by atoms with Gasteiger partial charge in [-0.3, -0.25) is 0 Å². The second-order valence-electron chi connectivity index (χ2n) is 5.58. The lowest BCUT2D eigenvalue weighted by Gasteiger charge is -2.22. The number of nitrogens with zero attached hydrogens (tertiary/aromatic N) is 2. The average Bonchev–Trinajstić information content (AvgIpc) is 2.64. The number of anilines is 1. The highest BCUT2D eigenvalue weighted by atomic mass is 79.9. The van der Waals surface area contributed by atoms with E-state index in [4.69, 9.17) is 0 Å². The van der Waals surface area contributed by atoms with Gasteiger partial charge in [0.25, 0.3) is 0 Å². The molecule has 2 heterocycles. The van der Waals surface area contributed by atoms with E-state index in [0.717, 1.165) is 36.1 Å². The van der Waals surface area contributed by atoms with Gasteiger partial charge in [-0.1, -0.05) is 35.8 Å². The van der Waals surface area contributed by atoms with Crippen LogP contribution in [0.25, 0.3) is 0 Å². The molecule has 18 heavy (non-hydrogen) atoms. The predicted molar refractivity (Wildman–Crippen MR) is 81.3 cm³/mol. The Morgan fingerprint density at radius 1 is 1.33 bits per heavy atom. The lowest BCUT2D eigenvalue weighted by molar-refractivity contribution is 0.351. The molecule has 1 aliphatic rings. The van der Waals surface area contributed by atoms with Crippen LogP contribution in [0.3, 0.4) is 0 Å². The molecule has 1 unspecified atom stereocenters. The molecule has 0 spiro atoms. The number of halogens is 1. The molecular weight excluding hydrogens is 288 g/mol. The minimum atomic E-state index is 0.814. The third-order valence-corrected chi connectivity index (χ3v) is 4.65. The van der Waals surface area contributed by atoms with E-state index in [1.54, 1.807) is 0 Å². The Morgan fingerprint density at radius 2 is 2.17 bits per heavy atom. The number of alkyl halides is 1. The maximum absolute atomic E-state index is 4.58. The lowest BCUT2D eigenvalue weighted by Crippen LogP contribution is -2.25. The molecule has 0 radical (unpaired) electrons. The fourth-order valence-electron chi connectivity index (χ4n) is 2.70. The van der Waals surface area contributed by atoms with Gasteiger partial charge < -0.3 is 4.90 Å². The van der Waals surface area contributed by atoms with Gasteiger partial charge in [0.15, 0.2) is 0 Å². The smallest absolute Gasteiger partial charge is 0.128 e. The van der Waals surface area contributed by atoms with Crippen molar-refractivity contribution >= 4 is 21.7 Å². The third-order valence-electron chi connectivity index (χ3n) is 4.00. The van der Waals surface area contributed by atoms with Crippen molar-refractivity contribution < 1.29 is 0 Å². The Hall–Kier alpha value is -0.570. The highest BCUT2D eigenvalue weighted by molar-refractivity contribution is 9.08. The summed E-state index contributed by atoms with van der Waals surface area (Å²) in [6.07, 6.45) is 5.95. The molecule has 1 fully saturated rings. The molecule has 1 saturated heterocycles. The van der Waals surface area contributed by atoms with Crippen molar-refractivity contribution in [3.05, 3.63) is 23.9 Å². The van der Waals surface area contributed by atoms with E-state index >= 15 is 0 Å². The van der Waals surface area contributed by atoms with E-state index in [1.807, 2.05) is 6.20 Å². The summed E-state index contributed by atoms with van der Waals surface area (Å²) in [6.45, 7) is 7.01. The quantitative estimate of drug-likeness (QED) is 0.776. The molecule has 3 heteroatoms. The van der Waals surface area contributed by atoms with E-state index in [2.05, 4.69) is 51.8 Å². The van der Waals surface area contributed by atoms with Crippen LogP contribution in [0.2, 0.25) is 0 Å². The molecule has 1 aromatic rings. The lowest BCUT2D eigenvalue weighted by atomic mass is 9.89. The fraction of sp³-hybridized carbons (Fsp3) is 0.667. The van der Waals surface area contributed by atoms with Gasteiger partial charge in [-0.25, -0.2) is 4.98 Å². The van der Waals surface area contributed by atoms with E-state index in [9.17, 15) is 0 Å². The zero-order valence-corrected chi connectivity index (χ0v) is 13.0. The molecule has 1 atom stereocenters. The SMILES string of the molecule is CC(C)C1CCCN(c2ccc(CBr)cn2)CC1. The minimum absolute atomic E-state index is 0.814. The highest BCUT2D eigenvalue weighted by Crippen LogP contribution is 2.26. The van der Waals surface area contributed by atoms with Crippen LogP contribution in [0.4, 0.5) is 5.82 Å². The Bertz CT molecular complexity index is 361. The summed E-state index contributed by atoms with van der Waals surface area (Å²) in [4.78, 5) is 7.03. The minimum Gasteiger partial charge on any atom is -0.357 e. The van der Waals surface area contributed by atoms with Gasteiger partial charge >= 0.3 is 0 Å². The molecule has 0 saturated carbocycles. The number of pyridine rings is 1. The first-order valence-corrected chi connectivity index (χ1v) is 8.08. The van der Waals surface area contributed by atoms with Gasteiger partial charge in [0.1, 0.15) is 5.82 Å². The maximum Gasteiger partial charge on any atom is 0.128 e. The van der Waals surface area contributed by atoms with E-state index < -0.39 is 0 Å². The molecule has 0 aromatic carbocycles. The number of rotatable bonds is 3. The van der Waals surface area contributed by atoms with E-state index in [0.29, 0.717) is 0 Å². The second kappa shape index (κ2) is 6.55. The van der Waals surface area contributed by atoms with Crippen LogP contribution in [-0.2, 0) is 5.33 Å². The maximum atomic E-state index is 4.58. The van der Waals surface area contributed by atoms with Crippen molar-refractivity contribution in [2.75, 3.05) is 18.0 Å². The molecule has 0 bridgehead atoms. The molecule has 0 N–H and O–H groups in total. The van der Waals surface area contributed by atoms with Crippen molar-refractivity contribution in [3.63, 3.8) is 0 Å². The van der Waals surface area contributed by atoms with Crippen molar-refractivity contribution in [1.29, 1.82) is 0 Å². The number of hydrogen-bond donors (Lipinski definition) is 0. The second-order valence-corrected chi connectivity index (χ2v) is 6.14. The van der Waals surface area contributed by atoms with Gasteiger partial charge in [0.2, 0.25) is 0 Å². The van der Waals surface area contributed by atoms with Crippen LogP contribution in [-0.4, -0.2) is 18.1 Å². The Morgan fingerprint density at radius 3 is 2.78 bits per heavy atom. The third kappa shape index (κ3) is 3.47. The fourth-order valence-corrected chi connectivity index (χ4v) is 3.03. The zero-order chi connectivity index (χ0) is 13.0.